The second-order valence-corrected chi connectivity index (χ2v) is 9.31. The van der Waals surface area contributed by atoms with E-state index in [1.165, 1.54) is 38.1 Å². The topological polar surface area (TPSA) is 110 Å². The first-order valence-electron chi connectivity index (χ1n) is 11.5. The van der Waals surface area contributed by atoms with E-state index in [1.54, 1.807) is 6.07 Å². The van der Waals surface area contributed by atoms with Crippen LogP contribution in [-0.4, -0.2) is 42.1 Å². The Kier molecular flexibility index (Phi) is 5.99. The molecule has 3 N–H and O–H groups in total. The van der Waals surface area contributed by atoms with Gasteiger partial charge in [0.1, 0.15) is 23.3 Å². The van der Waals surface area contributed by atoms with Gasteiger partial charge in [0.15, 0.2) is 11.5 Å². The molecule has 4 aromatic rings. The van der Waals surface area contributed by atoms with Crippen molar-refractivity contribution in [3.8, 4) is 5.82 Å². The van der Waals surface area contributed by atoms with Gasteiger partial charge in [-0.1, -0.05) is 6.07 Å². The zero-order chi connectivity index (χ0) is 26.5. The summed E-state index contributed by atoms with van der Waals surface area (Å²) >= 11 is 0. The van der Waals surface area contributed by atoms with E-state index in [4.69, 9.17) is 0 Å². The lowest BCUT2D eigenvalue weighted by molar-refractivity contribution is -0.144. The fraction of sp³-hybridized carbons (Fsp3) is 0.333. The van der Waals surface area contributed by atoms with Crippen LogP contribution in [0.1, 0.15) is 30.7 Å². The van der Waals surface area contributed by atoms with Crippen LogP contribution in [0.25, 0.3) is 16.9 Å². The van der Waals surface area contributed by atoms with Crippen LogP contribution in [0.4, 0.5) is 29.2 Å². The van der Waals surface area contributed by atoms with Crippen molar-refractivity contribution < 1.29 is 22.7 Å². The van der Waals surface area contributed by atoms with Crippen LogP contribution in [0.5, 0.6) is 0 Å². The largest absolute Gasteiger partial charge is 0.408 e. The predicted octanol–water partition coefficient (Wildman–Crippen LogP) is 3.30. The SMILES string of the molecule is CC(C)(O)c1cccc(-n2c3nc(Nc4cc5c(cc4F)CNCC5)ncc3c(=O)n2CC(F)(F)F)n1. The number of nitrogens with one attached hydrogen (secondary N) is 2. The molecule has 5 rings (SSSR count). The number of benzene rings is 1. The van der Waals surface area contributed by atoms with Crippen molar-refractivity contribution in [1.82, 2.24) is 29.6 Å². The third-order valence-corrected chi connectivity index (χ3v) is 6.01. The van der Waals surface area contributed by atoms with Crippen LogP contribution >= 0.6 is 0 Å². The summed E-state index contributed by atoms with van der Waals surface area (Å²) in [7, 11) is 0. The maximum Gasteiger partial charge on any atom is 0.408 e. The third-order valence-electron chi connectivity index (χ3n) is 6.01. The van der Waals surface area contributed by atoms with Gasteiger partial charge in [0, 0.05) is 12.7 Å². The van der Waals surface area contributed by atoms with Crippen molar-refractivity contribution >= 4 is 22.7 Å². The van der Waals surface area contributed by atoms with E-state index in [9.17, 15) is 27.5 Å². The van der Waals surface area contributed by atoms with Gasteiger partial charge in [0.2, 0.25) is 5.95 Å². The molecule has 0 spiro atoms. The van der Waals surface area contributed by atoms with Gasteiger partial charge in [-0.05, 0) is 62.2 Å². The van der Waals surface area contributed by atoms with Crippen LogP contribution in [-0.2, 0) is 25.1 Å². The molecule has 194 valence electrons. The number of alkyl halides is 3. The zero-order valence-corrected chi connectivity index (χ0v) is 19.9. The second-order valence-electron chi connectivity index (χ2n) is 9.31. The lowest BCUT2D eigenvalue weighted by atomic mass is 10.00. The first kappa shape index (κ1) is 24.8. The summed E-state index contributed by atoms with van der Waals surface area (Å²) in [5, 5.41) is 16.1. The van der Waals surface area contributed by atoms with Crippen LogP contribution in [0.15, 0.2) is 41.3 Å². The average molecular weight is 517 g/mol. The van der Waals surface area contributed by atoms with Gasteiger partial charge in [-0.3, -0.25) is 4.79 Å². The molecule has 9 nitrogen and oxygen atoms in total. The highest BCUT2D eigenvalue weighted by Crippen LogP contribution is 2.27. The molecule has 0 fully saturated rings. The maximum atomic E-state index is 14.8. The summed E-state index contributed by atoms with van der Waals surface area (Å²) in [6.45, 7) is 2.64. The number of hydrogen-bond acceptors (Lipinski definition) is 7. The minimum Gasteiger partial charge on any atom is -0.384 e. The Morgan fingerprint density at radius 1 is 1.16 bits per heavy atom. The number of nitrogens with zero attached hydrogens (tertiary/aromatic N) is 5. The zero-order valence-electron chi connectivity index (χ0n) is 19.9. The molecule has 13 heteroatoms. The van der Waals surface area contributed by atoms with Gasteiger partial charge in [0.25, 0.3) is 5.56 Å². The van der Waals surface area contributed by atoms with E-state index < -0.39 is 29.7 Å². The third kappa shape index (κ3) is 4.91. The molecule has 37 heavy (non-hydrogen) atoms. The molecular formula is C24H23F4N7O2. The standard InChI is InChI=1S/C24H23F4N7O2/c1-23(2,37)18-4-3-5-19(32-18)35-20-15(21(36)34(35)12-24(26,27)28)11-30-22(33-20)31-17-9-13-6-7-29-10-14(13)8-16(17)25/h3-5,8-9,11,29,37H,6-7,10,12H2,1-2H3,(H,30,31,33). The van der Waals surface area contributed by atoms with E-state index >= 15 is 0 Å². The number of aliphatic hydroxyl groups is 1. The number of anilines is 2. The maximum absolute atomic E-state index is 14.8. The Bertz CT molecular complexity index is 1550. The van der Waals surface area contributed by atoms with Gasteiger partial charge < -0.3 is 15.7 Å². The molecule has 1 aliphatic rings. The highest BCUT2D eigenvalue weighted by molar-refractivity contribution is 5.77. The smallest absolute Gasteiger partial charge is 0.384 e. The monoisotopic (exact) mass is 517 g/mol. The molecule has 1 aliphatic heterocycles. The summed E-state index contributed by atoms with van der Waals surface area (Å²) in [5.41, 5.74) is -0.459. The van der Waals surface area contributed by atoms with E-state index in [2.05, 4.69) is 25.6 Å². The van der Waals surface area contributed by atoms with Crippen molar-refractivity contribution in [1.29, 1.82) is 0 Å². The van der Waals surface area contributed by atoms with Gasteiger partial charge in [-0.15, -0.1) is 0 Å². The Morgan fingerprint density at radius 3 is 2.68 bits per heavy atom. The summed E-state index contributed by atoms with van der Waals surface area (Å²) in [5.74, 6) is -0.720. The Labute approximate surface area is 207 Å². The second kappa shape index (κ2) is 8.92. The highest BCUT2D eigenvalue weighted by atomic mass is 19.4. The van der Waals surface area contributed by atoms with Crippen LogP contribution < -0.4 is 16.2 Å². The Morgan fingerprint density at radius 2 is 1.95 bits per heavy atom. The van der Waals surface area contributed by atoms with Crippen molar-refractivity contribution in [3.05, 3.63) is 69.5 Å². The molecule has 0 radical (unpaired) electrons. The number of pyridine rings is 1. The fourth-order valence-corrected chi connectivity index (χ4v) is 4.23. The minimum absolute atomic E-state index is 0.0620. The molecule has 1 aromatic carbocycles. The van der Waals surface area contributed by atoms with Crippen molar-refractivity contribution in [3.63, 3.8) is 0 Å². The van der Waals surface area contributed by atoms with Crippen molar-refractivity contribution in [2.75, 3.05) is 11.9 Å². The molecule has 3 aromatic heterocycles. The van der Waals surface area contributed by atoms with E-state index in [1.807, 2.05) is 0 Å². The van der Waals surface area contributed by atoms with E-state index in [0.717, 1.165) is 28.6 Å². The molecule has 4 heterocycles. The van der Waals surface area contributed by atoms with Crippen molar-refractivity contribution in [2.24, 2.45) is 0 Å². The van der Waals surface area contributed by atoms with Gasteiger partial charge in [-0.25, -0.2) is 23.7 Å². The van der Waals surface area contributed by atoms with Crippen LogP contribution in [0, 0.1) is 5.82 Å². The molecule has 0 bridgehead atoms. The lowest BCUT2D eigenvalue weighted by Crippen LogP contribution is -2.30. The molecule has 0 atom stereocenters. The predicted molar refractivity (Wildman–Crippen MR) is 127 cm³/mol. The van der Waals surface area contributed by atoms with E-state index in [0.29, 0.717) is 17.6 Å². The molecule has 0 saturated heterocycles. The van der Waals surface area contributed by atoms with Crippen LogP contribution in [0.3, 0.4) is 0 Å². The van der Waals surface area contributed by atoms with Crippen LogP contribution in [0.2, 0.25) is 0 Å². The van der Waals surface area contributed by atoms with Crippen molar-refractivity contribution in [2.45, 2.75) is 45.1 Å². The number of halogens is 4. The fourth-order valence-electron chi connectivity index (χ4n) is 4.23. The van der Waals surface area contributed by atoms with Gasteiger partial charge >= 0.3 is 6.18 Å². The average Bonchev–Trinajstić information content (AvgIpc) is 3.08. The highest BCUT2D eigenvalue weighted by Gasteiger charge is 2.32. The summed E-state index contributed by atoms with van der Waals surface area (Å²) in [6.07, 6.45) is -2.93. The Hall–Kier alpha value is -3.84. The molecule has 0 unspecified atom stereocenters. The molecule has 0 saturated carbocycles. The summed E-state index contributed by atoms with van der Waals surface area (Å²) in [6, 6.07) is 7.46. The first-order chi connectivity index (χ1) is 17.4. The van der Waals surface area contributed by atoms with E-state index in [-0.39, 0.29) is 34.2 Å². The number of rotatable bonds is 5. The number of aromatic nitrogens is 5. The number of fused-ring (bicyclic) bond motifs is 2. The van der Waals surface area contributed by atoms with Gasteiger partial charge in [-0.2, -0.15) is 18.2 Å². The van der Waals surface area contributed by atoms with Gasteiger partial charge in [0.05, 0.1) is 11.4 Å². The molecular weight excluding hydrogens is 494 g/mol. The number of hydrogen-bond donors (Lipinski definition) is 3. The summed E-state index contributed by atoms with van der Waals surface area (Å²) in [4.78, 5) is 25.6. The molecule has 0 aliphatic carbocycles. The first-order valence-corrected chi connectivity index (χ1v) is 11.5. The normalized spacial score (nSPS) is 14.1. The Balaban J connectivity index is 1.66. The lowest BCUT2D eigenvalue weighted by Gasteiger charge is -2.19. The quantitative estimate of drug-likeness (QED) is 0.349. The summed E-state index contributed by atoms with van der Waals surface area (Å²) < 4.78 is 56.5. The molecule has 0 amide bonds. The minimum atomic E-state index is -4.72.